The number of amides is 1. The van der Waals surface area contributed by atoms with Gasteiger partial charge in [0.25, 0.3) is 5.91 Å². The van der Waals surface area contributed by atoms with Crippen molar-refractivity contribution in [2.45, 2.75) is 32.6 Å². The molecule has 1 aromatic rings. The molecule has 3 rings (SSSR count). The zero-order valence-corrected chi connectivity index (χ0v) is 11.4. The van der Waals surface area contributed by atoms with Crippen molar-refractivity contribution in [3.8, 4) is 0 Å². The molecule has 1 aliphatic heterocycles. The van der Waals surface area contributed by atoms with E-state index in [1.54, 1.807) is 6.07 Å². The summed E-state index contributed by atoms with van der Waals surface area (Å²) in [4.78, 5) is 14.4. The second-order valence-electron chi connectivity index (χ2n) is 6.00. The molecule has 1 saturated heterocycles. The Balaban J connectivity index is 1.50. The number of aryl methyl sites for hydroxylation is 1. The average molecular weight is 263 g/mol. The Morgan fingerprint density at radius 3 is 2.79 bits per heavy atom. The van der Waals surface area contributed by atoms with Gasteiger partial charge < -0.3 is 14.7 Å². The first-order valence-corrected chi connectivity index (χ1v) is 7.11. The highest BCUT2D eigenvalue weighted by Crippen LogP contribution is 2.46. The molecule has 2 heterocycles. The summed E-state index contributed by atoms with van der Waals surface area (Å²) in [6.07, 6.45) is 5.08. The van der Waals surface area contributed by atoms with Crippen molar-refractivity contribution in [2.24, 2.45) is 5.41 Å². The van der Waals surface area contributed by atoms with Crippen molar-refractivity contribution in [3.63, 3.8) is 0 Å². The van der Waals surface area contributed by atoms with Crippen molar-refractivity contribution < 1.29 is 9.32 Å². The second kappa shape index (κ2) is 4.96. The fourth-order valence-corrected chi connectivity index (χ4v) is 2.81. The van der Waals surface area contributed by atoms with Gasteiger partial charge in [0, 0.05) is 24.6 Å². The molecule has 2 aliphatic rings. The van der Waals surface area contributed by atoms with Crippen LogP contribution in [0.25, 0.3) is 0 Å². The lowest BCUT2D eigenvalue weighted by Gasteiger charge is -2.22. The van der Waals surface area contributed by atoms with E-state index in [1.165, 1.54) is 38.8 Å². The Labute approximate surface area is 113 Å². The number of rotatable bonds is 5. The summed E-state index contributed by atoms with van der Waals surface area (Å²) in [6.45, 7) is 6.13. The summed E-state index contributed by atoms with van der Waals surface area (Å²) in [5, 5.41) is 6.73. The van der Waals surface area contributed by atoms with Crippen LogP contribution in [0.1, 0.15) is 41.9 Å². The predicted molar refractivity (Wildman–Crippen MR) is 70.9 cm³/mol. The SMILES string of the molecule is Cc1cc(C(=O)NCC2(CN3CCCC3)CC2)on1. The van der Waals surface area contributed by atoms with Gasteiger partial charge in [-0.05, 0) is 45.7 Å². The molecule has 0 radical (unpaired) electrons. The van der Waals surface area contributed by atoms with Gasteiger partial charge in [0.2, 0.25) is 5.76 Å². The third-order valence-electron chi connectivity index (χ3n) is 4.19. The summed E-state index contributed by atoms with van der Waals surface area (Å²) in [6, 6.07) is 1.68. The Kier molecular flexibility index (Phi) is 3.31. The van der Waals surface area contributed by atoms with E-state index < -0.39 is 0 Å². The van der Waals surface area contributed by atoms with Gasteiger partial charge in [-0.2, -0.15) is 0 Å². The van der Waals surface area contributed by atoms with Crippen LogP contribution in [0.4, 0.5) is 0 Å². The van der Waals surface area contributed by atoms with Crippen molar-refractivity contribution in [2.75, 3.05) is 26.2 Å². The van der Waals surface area contributed by atoms with Gasteiger partial charge in [0.15, 0.2) is 0 Å². The molecule has 1 aliphatic carbocycles. The molecule has 5 nitrogen and oxygen atoms in total. The lowest BCUT2D eigenvalue weighted by Crippen LogP contribution is -2.37. The van der Waals surface area contributed by atoms with Gasteiger partial charge in [0.1, 0.15) is 0 Å². The van der Waals surface area contributed by atoms with Gasteiger partial charge in [0.05, 0.1) is 5.69 Å². The molecule has 0 bridgehead atoms. The molecule has 0 spiro atoms. The van der Waals surface area contributed by atoms with Crippen LogP contribution in [0.5, 0.6) is 0 Å². The molecule has 1 saturated carbocycles. The number of nitrogens with one attached hydrogen (secondary N) is 1. The summed E-state index contributed by atoms with van der Waals surface area (Å²) in [5.74, 6) is 0.169. The molecule has 1 N–H and O–H groups in total. The van der Waals surface area contributed by atoms with Crippen LogP contribution in [0.15, 0.2) is 10.6 Å². The lowest BCUT2D eigenvalue weighted by molar-refractivity contribution is 0.0903. The summed E-state index contributed by atoms with van der Waals surface area (Å²) in [7, 11) is 0. The van der Waals surface area contributed by atoms with Crippen molar-refractivity contribution in [3.05, 3.63) is 17.5 Å². The van der Waals surface area contributed by atoms with E-state index >= 15 is 0 Å². The lowest BCUT2D eigenvalue weighted by atomic mass is 10.1. The van der Waals surface area contributed by atoms with E-state index in [1.807, 2.05) is 6.92 Å². The number of nitrogens with zero attached hydrogens (tertiary/aromatic N) is 2. The highest BCUT2D eigenvalue weighted by molar-refractivity contribution is 5.91. The van der Waals surface area contributed by atoms with Crippen LogP contribution >= 0.6 is 0 Å². The van der Waals surface area contributed by atoms with Gasteiger partial charge in [-0.15, -0.1) is 0 Å². The van der Waals surface area contributed by atoms with Crippen LogP contribution in [0, 0.1) is 12.3 Å². The third kappa shape index (κ3) is 2.97. The van der Waals surface area contributed by atoms with Crippen molar-refractivity contribution in [1.29, 1.82) is 0 Å². The molecular formula is C14H21N3O2. The van der Waals surface area contributed by atoms with Gasteiger partial charge in [-0.1, -0.05) is 5.16 Å². The quantitative estimate of drug-likeness (QED) is 0.876. The van der Waals surface area contributed by atoms with E-state index in [2.05, 4.69) is 15.4 Å². The first-order valence-electron chi connectivity index (χ1n) is 7.11. The molecule has 2 fully saturated rings. The Morgan fingerprint density at radius 1 is 1.47 bits per heavy atom. The zero-order valence-electron chi connectivity index (χ0n) is 11.4. The monoisotopic (exact) mass is 263 g/mol. The smallest absolute Gasteiger partial charge is 0.289 e. The fraction of sp³-hybridized carbons (Fsp3) is 0.714. The molecule has 0 aromatic carbocycles. The number of aromatic nitrogens is 1. The molecule has 0 unspecified atom stereocenters. The molecule has 1 amide bonds. The van der Waals surface area contributed by atoms with Crippen LogP contribution in [-0.4, -0.2) is 42.1 Å². The molecule has 0 atom stereocenters. The van der Waals surface area contributed by atoms with E-state index in [4.69, 9.17) is 4.52 Å². The predicted octanol–water partition coefficient (Wildman–Crippen LogP) is 1.59. The highest BCUT2D eigenvalue weighted by Gasteiger charge is 2.44. The van der Waals surface area contributed by atoms with Crippen LogP contribution in [0.2, 0.25) is 0 Å². The Morgan fingerprint density at radius 2 is 2.21 bits per heavy atom. The van der Waals surface area contributed by atoms with Crippen LogP contribution in [-0.2, 0) is 0 Å². The van der Waals surface area contributed by atoms with Crippen LogP contribution < -0.4 is 5.32 Å². The minimum atomic E-state index is -0.145. The number of hydrogen-bond donors (Lipinski definition) is 1. The molecule has 1 aromatic heterocycles. The van der Waals surface area contributed by atoms with E-state index in [0.717, 1.165) is 18.8 Å². The Bertz CT molecular complexity index is 459. The fourth-order valence-electron chi connectivity index (χ4n) is 2.81. The van der Waals surface area contributed by atoms with E-state index in [0.29, 0.717) is 11.2 Å². The van der Waals surface area contributed by atoms with Crippen molar-refractivity contribution >= 4 is 5.91 Å². The largest absolute Gasteiger partial charge is 0.351 e. The maximum absolute atomic E-state index is 11.9. The maximum atomic E-state index is 11.9. The van der Waals surface area contributed by atoms with E-state index in [9.17, 15) is 4.79 Å². The summed E-state index contributed by atoms with van der Waals surface area (Å²) < 4.78 is 4.97. The highest BCUT2D eigenvalue weighted by atomic mass is 16.5. The van der Waals surface area contributed by atoms with Gasteiger partial charge in [-0.25, -0.2) is 0 Å². The van der Waals surface area contributed by atoms with Crippen molar-refractivity contribution in [1.82, 2.24) is 15.4 Å². The first-order chi connectivity index (χ1) is 9.17. The molecule has 19 heavy (non-hydrogen) atoms. The first kappa shape index (κ1) is 12.7. The second-order valence-corrected chi connectivity index (χ2v) is 6.00. The number of hydrogen-bond acceptors (Lipinski definition) is 4. The number of likely N-dealkylation sites (tertiary alicyclic amines) is 1. The van der Waals surface area contributed by atoms with Gasteiger partial charge in [-0.3, -0.25) is 4.79 Å². The maximum Gasteiger partial charge on any atom is 0.289 e. The standard InChI is InChI=1S/C14H21N3O2/c1-11-8-12(19-16-11)13(18)15-9-14(4-5-14)10-17-6-2-3-7-17/h8H,2-7,9-10H2,1H3,(H,15,18). The third-order valence-corrected chi connectivity index (χ3v) is 4.19. The zero-order chi connectivity index (χ0) is 13.3. The average Bonchev–Trinajstić information content (AvgIpc) is 2.79. The van der Waals surface area contributed by atoms with Gasteiger partial charge >= 0.3 is 0 Å². The topological polar surface area (TPSA) is 58.4 Å². The minimum Gasteiger partial charge on any atom is -0.351 e. The molecule has 104 valence electrons. The summed E-state index contributed by atoms with van der Waals surface area (Å²) >= 11 is 0. The summed E-state index contributed by atoms with van der Waals surface area (Å²) in [5.41, 5.74) is 1.05. The molecular weight excluding hydrogens is 242 g/mol. The Hall–Kier alpha value is -1.36. The van der Waals surface area contributed by atoms with E-state index in [-0.39, 0.29) is 5.91 Å². The minimum absolute atomic E-state index is 0.145. The molecule has 5 heteroatoms. The normalized spacial score (nSPS) is 21.5. The number of carbonyl (C=O) groups excluding carboxylic acids is 1. The number of carbonyl (C=O) groups is 1. The van der Waals surface area contributed by atoms with Crippen LogP contribution in [0.3, 0.4) is 0 Å².